The molecule has 0 radical (unpaired) electrons. The van der Waals surface area contributed by atoms with Gasteiger partial charge in [-0.15, -0.1) is 0 Å². The van der Waals surface area contributed by atoms with Crippen molar-refractivity contribution in [1.82, 2.24) is 0 Å². The van der Waals surface area contributed by atoms with Gasteiger partial charge in [-0.1, -0.05) is 64.8 Å². The largest absolute Gasteiger partial charge is 0.393 e. The Morgan fingerprint density at radius 2 is 1.80 bits per heavy atom. The molecule has 2 saturated carbocycles. The molecular weight excluding hydrogens is 368 g/mol. The van der Waals surface area contributed by atoms with E-state index in [0.717, 1.165) is 25.7 Å². The third-order valence-corrected chi connectivity index (χ3v) is 9.78. The van der Waals surface area contributed by atoms with Gasteiger partial charge in [0.15, 0.2) is 5.78 Å². The molecule has 0 unspecified atom stereocenters. The maximum absolute atomic E-state index is 13.4. The van der Waals surface area contributed by atoms with E-state index < -0.39 is 0 Å². The van der Waals surface area contributed by atoms with E-state index in [1.54, 1.807) is 0 Å². The normalized spacial score (nSPS) is 40.9. The summed E-state index contributed by atoms with van der Waals surface area (Å²) in [5, 5.41) is 10.2. The highest BCUT2D eigenvalue weighted by Gasteiger charge is 2.56. The van der Waals surface area contributed by atoms with Crippen LogP contribution in [-0.2, 0) is 4.79 Å². The lowest BCUT2D eigenvalue weighted by Gasteiger charge is -2.51. The second kappa shape index (κ2) is 7.76. The topological polar surface area (TPSA) is 37.3 Å². The molecule has 4 aliphatic rings. The Balaban J connectivity index is 1.62. The molecule has 7 atom stereocenters. The molecule has 4 rings (SSSR count). The van der Waals surface area contributed by atoms with Crippen LogP contribution in [0, 0.1) is 40.4 Å². The summed E-state index contributed by atoms with van der Waals surface area (Å²) in [7, 11) is 0. The van der Waals surface area contributed by atoms with Crippen molar-refractivity contribution < 1.29 is 9.90 Å². The third kappa shape index (κ3) is 3.38. The fourth-order valence-electron chi connectivity index (χ4n) is 7.30. The molecule has 1 N–H and O–H groups in total. The van der Waals surface area contributed by atoms with Crippen LogP contribution >= 0.6 is 0 Å². The predicted octanol–water partition coefficient (Wildman–Crippen LogP) is 6.65. The highest BCUT2D eigenvalue weighted by Crippen LogP contribution is 2.64. The lowest BCUT2D eigenvalue weighted by atomic mass is 9.53. The van der Waals surface area contributed by atoms with E-state index in [9.17, 15) is 9.90 Å². The number of allylic oxidation sites excluding steroid dienone is 5. The van der Waals surface area contributed by atoms with E-state index >= 15 is 0 Å². The van der Waals surface area contributed by atoms with Crippen molar-refractivity contribution in [3.05, 3.63) is 34.9 Å². The van der Waals surface area contributed by atoms with Crippen LogP contribution in [0.25, 0.3) is 0 Å². The molecular formula is C28H42O2. The quantitative estimate of drug-likeness (QED) is 0.527. The molecule has 0 aromatic carbocycles. The minimum absolute atomic E-state index is 0.0140. The first kappa shape index (κ1) is 22.1. The van der Waals surface area contributed by atoms with Crippen LogP contribution in [0.15, 0.2) is 34.9 Å². The number of hydrogen-bond donors (Lipinski definition) is 1. The summed E-state index contributed by atoms with van der Waals surface area (Å²) in [5.74, 6) is 3.19. The van der Waals surface area contributed by atoms with Gasteiger partial charge in [0.05, 0.1) is 6.10 Å². The molecule has 0 amide bonds. The minimum atomic E-state index is -0.273. The summed E-state index contributed by atoms with van der Waals surface area (Å²) < 4.78 is 0. The highest BCUT2D eigenvalue weighted by atomic mass is 16.3. The molecule has 4 aliphatic carbocycles. The van der Waals surface area contributed by atoms with Gasteiger partial charge in [0, 0.05) is 11.0 Å². The number of carbonyl (C=O) groups is 1. The Bertz CT molecular complexity index is 799. The van der Waals surface area contributed by atoms with Gasteiger partial charge in [-0.2, -0.15) is 0 Å². The van der Waals surface area contributed by atoms with Gasteiger partial charge in [-0.05, 0) is 86.0 Å². The zero-order valence-corrected chi connectivity index (χ0v) is 20.0. The van der Waals surface area contributed by atoms with Gasteiger partial charge in [0.1, 0.15) is 0 Å². The van der Waals surface area contributed by atoms with Crippen molar-refractivity contribution >= 4 is 5.78 Å². The maximum atomic E-state index is 13.4. The molecule has 0 aromatic rings. The van der Waals surface area contributed by atoms with E-state index in [0.29, 0.717) is 36.0 Å². The molecule has 30 heavy (non-hydrogen) atoms. The Hall–Kier alpha value is -1.15. The molecule has 0 saturated heterocycles. The fraction of sp³-hybridized carbons (Fsp3) is 0.750. The van der Waals surface area contributed by atoms with Gasteiger partial charge >= 0.3 is 0 Å². The predicted molar refractivity (Wildman–Crippen MR) is 124 cm³/mol. The smallest absolute Gasteiger partial charge is 0.182 e. The summed E-state index contributed by atoms with van der Waals surface area (Å²) in [6.07, 6.45) is 13.7. The average Bonchev–Trinajstić information content (AvgIpc) is 3.04. The zero-order chi connectivity index (χ0) is 21.8. The number of hydrogen-bond acceptors (Lipinski definition) is 2. The maximum Gasteiger partial charge on any atom is 0.182 e. The lowest BCUT2D eigenvalue weighted by Crippen LogP contribution is -2.44. The van der Waals surface area contributed by atoms with Crippen LogP contribution < -0.4 is 0 Å². The van der Waals surface area contributed by atoms with Crippen LogP contribution in [0.5, 0.6) is 0 Å². The number of fused-ring (bicyclic) bond motifs is 4. The van der Waals surface area contributed by atoms with E-state index in [-0.39, 0.29) is 22.7 Å². The van der Waals surface area contributed by atoms with Gasteiger partial charge in [0.2, 0.25) is 0 Å². The van der Waals surface area contributed by atoms with Crippen molar-refractivity contribution in [2.75, 3.05) is 0 Å². The lowest BCUT2D eigenvalue weighted by molar-refractivity contribution is -0.113. The number of ketones is 1. The number of aliphatic hydroxyl groups excluding tert-OH is 1. The summed E-state index contributed by atoms with van der Waals surface area (Å²) in [6.45, 7) is 14.1. The first-order valence-electron chi connectivity index (χ1n) is 12.4. The van der Waals surface area contributed by atoms with Gasteiger partial charge in [0.25, 0.3) is 0 Å². The van der Waals surface area contributed by atoms with E-state index in [4.69, 9.17) is 0 Å². The molecule has 2 nitrogen and oxygen atoms in total. The average molecular weight is 411 g/mol. The standard InChI is InChI=1S/C28H42O2/c1-17(2)18(3)7-8-19(4)22-9-10-23-26-24(12-14-28(22,23)6)27(5)13-11-21(29)15-20(27)16-25(26)30/h7-8,16-19,21-23,29H,9-15H2,1-6H3/b8-7+/t18-,19-,21+,22-,23+,27+,28-/m1/s1. The molecule has 0 spiro atoms. The SMILES string of the molecule is CC(C)[C@H](C)/C=C/[C@@H](C)[C@H]1CC[C@H]2C3=C(CC[C@]12C)[C@@]1(C)CC[C@H](O)CC1=CC3=O. The minimum Gasteiger partial charge on any atom is -0.393 e. The molecule has 2 heteroatoms. The highest BCUT2D eigenvalue weighted by molar-refractivity contribution is 6.07. The molecule has 0 heterocycles. The second-order valence-electron chi connectivity index (χ2n) is 11.7. The summed E-state index contributed by atoms with van der Waals surface area (Å²) in [5.41, 5.74) is 4.06. The number of rotatable bonds is 4. The molecule has 2 fully saturated rings. The first-order valence-corrected chi connectivity index (χ1v) is 12.4. The van der Waals surface area contributed by atoms with Crippen molar-refractivity contribution in [3.63, 3.8) is 0 Å². The van der Waals surface area contributed by atoms with E-state index in [1.165, 1.54) is 29.6 Å². The molecule has 166 valence electrons. The summed E-state index contributed by atoms with van der Waals surface area (Å²) >= 11 is 0. The van der Waals surface area contributed by atoms with E-state index in [1.807, 2.05) is 6.08 Å². The number of carbonyl (C=O) groups excluding carboxylic acids is 1. The van der Waals surface area contributed by atoms with Crippen molar-refractivity contribution in [3.8, 4) is 0 Å². The zero-order valence-electron chi connectivity index (χ0n) is 20.0. The monoisotopic (exact) mass is 410 g/mol. The molecule has 0 aromatic heterocycles. The Morgan fingerprint density at radius 3 is 2.50 bits per heavy atom. The van der Waals surface area contributed by atoms with Gasteiger partial charge < -0.3 is 5.11 Å². The Morgan fingerprint density at radius 1 is 1.07 bits per heavy atom. The van der Waals surface area contributed by atoms with Crippen LogP contribution in [-0.4, -0.2) is 17.0 Å². The molecule has 0 bridgehead atoms. The van der Waals surface area contributed by atoms with Gasteiger partial charge in [-0.25, -0.2) is 0 Å². The number of aliphatic hydroxyl groups is 1. The van der Waals surface area contributed by atoms with Crippen molar-refractivity contribution in [2.45, 2.75) is 92.6 Å². The van der Waals surface area contributed by atoms with E-state index in [2.05, 4.69) is 53.7 Å². The van der Waals surface area contributed by atoms with Crippen molar-refractivity contribution in [1.29, 1.82) is 0 Å². The van der Waals surface area contributed by atoms with Gasteiger partial charge in [-0.3, -0.25) is 4.79 Å². The van der Waals surface area contributed by atoms with Crippen molar-refractivity contribution in [2.24, 2.45) is 40.4 Å². The summed E-state index contributed by atoms with van der Waals surface area (Å²) in [6, 6.07) is 0. The Labute approximate surface area is 183 Å². The summed E-state index contributed by atoms with van der Waals surface area (Å²) in [4.78, 5) is 13.4. The van der Waals surface area contributed by atoms with Crippen LogP contribution in [0.3, 0.4) is 0 Å². The van der Waals surface area contributed by atoms with Crippen LogP contribution in [0.4, 0.5) is 0 Å². The molecule has 0 aliphatic heterocycles. The Kier molecular flexibility index (Phi) is 5.71. The fourth-order valence-corrected chi connectivity index (χ4v) is 7.30. The van der Waals surface area contributed by atoms with Crippen LogP contribution in [0.1, 0.15) is 86.5 Å². The second-order valence-corrected chi connectivity index (χ2v) is 11.7. The first-order chi connectivity index (χ1) is 14.1. The third-order valence-electron chi connectivity index (χ3n) is 9.78. The van der Waals surface area contributed by atoms with Crippen LogP contribution in [0.2, 0.25) is 0 Å².